The predicted molar refractivity (Wildman–Crippen MR) is 89.0 cm³/mol. The van der Waals surface area contributed by atoms with Crippen molar-refractivity contribution in [1.82, 2.24) is 0 Å². The minimum atomic E-state index is -2.65. The molecule has 0 aliphatic rings. The van der Waals surface area contributed by atoms with Crippen LogP contribution in [0.3, 0.4) is 0 Å². The first-order valence-corrected chi connectivity index (χ1v) is 8.57. The smallest absolute Gasteiger partial charge is 0.459 e. The molecular formula is C18H22O3Si. The van der Waals surface area contributed by atoms with Crippen LogP contribution in [-0.2, 0) is 4.46 Å². The van der Waals surface area contributed by atoms with Crippen LogP contribution in [0.4, 0.5) is 0 Å². The summed E-state index contributed by atoms with van der Waals surface area (Å²) in [7, 11) is -2.65. The second-order valence-electron chi connectivity index (χ2n) is 5.72. The molecule has 2 aromatic rings. The average Bonchev–Trinajstić information content (AvgIpc) is 2.48. The molecule has 0 unspecified atom stereocenters. The molecule has 0 aliphatic heterocycles. The highest BCUT2D eigenvalue weighted by Gasteiger charge is 2.18. The molecule has 0 heterocycles. The van der Waals surface area contributed by atoms with E-state index in [4.69, 9.17) is 8.85 Å². The zero-order valence-corrected chi connectivity index (χ0v) is 15.0. The van der Waals surface area contributed by atoms with E-state index >= 15 is 0 Å². The third-order valence-corrected chi connectivity index (χ3v) is 5.18. The number of rotatable bonds is 4. The summed E-state index contributed by atoms with van der Waals surface area (Å²) in [6.07, 6.45) is 0. The van der Waals surface area contributed by atoms with Crippen LogP contribution in [0.1, 0.15) is 33.4 Å². The summed E-state index contributed by atoms with van der Waals surface area (Å²) in [4.78, 5) is 0. The van der Waals surface area contributed by atoms with E-state index in [1.165, 1.54) is 11.1 Å². The van der Waals surface area contributed by atoms with Crippen LogP contribution in [0, 0.1) is 41.5 Å². The van der Waals surface area contributed by atoms with Crippen molar-refractivity contribution in [3.63, 3.8) is 0 Å². The maximum Gasteiger partial charge on any atom is 0.778 e. The maximum atomic E-state index is 12.2. The van der Waals surface area contributed by atoms with Crippen molar-refractivity contribution >= 4 is 9.17 Å². The zero-order valence-electron chi connectivity index (χ0n) is 14.0. The van der Waals surface area contributed by atoms with E-state index in [2.05, 4.69) is 0 Å². The Hall–Kier alpha value is -1.94. The van der Waals surface area contributed by atoms with Crippen LogP contribution >= 0.6 is 0 Å². The molecule has 0 radical (unpaired) electrons. The molecule has 0 spiro atoms. The highest BCUT2D eigenvalue weighted by molar-refractivity contribution is 6.28. The van der Waals surface area contributed by atoms with Gasteiger partial charge in [0.25, 0.3) is 0 Å². The summed E-state index contributed by atoms with van der Waals surface area (Å²) in [5, 5.41) is 0. The summed E-state index contributed by atoms with van der Waals surface area (Å²) in [6, 6.07) is 7.62. The Balaban J connectivity index is 2.18. The molecule has 0 aliphatic carbocycles. The predicted octanol–water partition coefficient (Wildman–Crippen LogP) is 4.41. The van der Waals surface area contributed by atoms with Gasteiger partial charge < -0.3 is 8.85 Å². The largest absolute Gasteiger partial charge is 0.778 e. The van der Waals surface area contributed by atoms with Crippen molar-refractivity contribution in [1.29, 1.82) is 0 Å². The van der Waals surface area contributed by atoms with Crippen molar-refractivity contribution in [3.8, 4) is 11.5 Å². The van der Waals surface area contributed by atoms with Crippen molar-refractivity contribution in [3.05, 3.63) is 57.6 Å². The summed E-state index contributed by atoms with van der Waals surface area (Å²) in [5.74, 6) is 1.24. The molecule has 0 saturated carbocycles. The molecule has 0 bridgehead atoms. The van der Waals surface area contributed by atoms with Gasteiger partial charge in [-0.3, -0.25) is 4.46 Å². The number of hydrogen-bond acceptors (Lipinski definition) is 3. The average molecular weight is 314 g/mol. The summed E-state index contributed by atoms with van der Waals surface area (Å²) in [5.41, 5.74) is 6.67. The molecule has 0 N–H and O–H groups in total. The Morgan fingerprint density at radius 2 is 1.00 bits per heavy atom. The molecule has 0 amide bonds. The standard InChI is InChI=1S/C18H22O3Si/c1-11-7-9-17(15(5)13(11)3)20-22(19)21-18-10-8-12(2)14(4)16(18)6/h7-10H,1-6H3. The second kappa shape index (κ2) is 6.44. The van der Waals surface area contributed by atoms with Crippen molar-refractivity contribution in [2.24, 2.45) is 0 Å². The lowest BCUT2D eigenvalue weighted by atomic mass is 10.0. The Bertz CT molecular complexity index is 674. The van der Waals surface area contributed by atoms with Crippen molar-refractivity contribution in [2.75, 3.05) is 0 Å². The van der Waals surface area contributed by atoms with Gasteiger partial charge in [0, 0.05) is 0 Å². The van der Waals surface area contributed by atoms with E-state index in [-0.39, 0.29) is 0 Å². The second-order valence-corrected chi connectivity index (χ2v) is 6.62. The molecule has 116 valence electrons. The molecule has 0 aromatic heterocycles. The minimum Gasteiger partial charge on any atom is -0.459 e. The fourth-order valence-corrected chi connectivity index (χ4v) is 3.13. The van der Waals surface area contributed by atoms with E-state index in [9.17, 15) is 4.46 Å². The van der Waals surface area contributed by atoms with Gasteiger partial charge in [0.05, 0.1) is 0 Å². The van der Waals surface area contributed by atoms with E-state index in [0.717, 1.165) is 22.3 Å². The van der Waals surface area contributed by atoms with Crippen LogP contribution in [0.2, 0.25) is 0 Å². The Morgan fingerprint density at radius 1 is 0.636 bits per heavy atom. The molecule has 4 heteroatoms. The summed E-state index contributed by atoms with van der Waals surface area (Å²) < 4.78 is 23.3. The molecular weight excluding hydrogens is 292 g/mol. The SMILES string of the molecule is Cc1ccc(O[Si](=O)Oc2ccc(C)c(C)c2C)c(C)c1C. The molecule has 2 rings (SSSR count). The van der Waals surface area contributed by atoms with Gasteiger partial charge in [-0.25, -0.2) is 0 Å². The van der Waals surface area contributed by atoms with Gasteiger partial charge in [-0.1, -0.05) is 12.1 Å². The summed E-state index contributed by atoms with van der Waals surface area (Å²) >= 11 is 0. The highest BCUT2D eigenvalue weighted by atomic mass is 28.3. The van der Waals surface area contributed by atoms with E-state index < -0.39 is 9.17 Å². The normalized spacial score (nSPS) is 10.5. The number of hydrogen-bond donors (Lipinski definition) is 0. The van der Waals surface area contributed by atoms with Gasteiger partial charge in [-0.15, -0.1) is 0 Å². The minimum absolute atomic E-state index is 0.619. The van der Waals surface area contributed by atoms with E-state index in [1.807, 2.05) is 65.8 Å². The van der Waals surface area contributed by atoms with Crippen LogP contribution in [0.25, 0.3) is 0 Å². The Labute approximate surface area is 133 Å². The molecule has 22 heavy (non-hydrogen) atoms. The molecule has 0 fully saturated rings. The summed E-state index contributed by atoms with van der Waals surface area (Å²) in [6.45, 7) is 12.1. The third kappa shape index (κ3) is 3.27. The van der Waals surface area contributed by atoms with Gasteiger partial charge >= 0.3 is 9.17 Å². The maximum absolute atomic E-state index is 12.2. The lowest BCUT2D eigenvalue weighted by Gasteiger charge is -2.13. The van der Waals surface area contributed by atoms with Crippen LogP contribution < -0.4 is 8.85 Å². The van der Waals surface area contributed by atoms with Crippen LogP contribution in [0.5, 0.6) is 11.5 Å². The van der Waals surface area contributed by atoms with Gasteiger partial charge in [-0.2, -0.15) is 0 Å². The van der Waals surface area contributed by atoms with Crippen LogP contribution in [-0.4, -0.2) is 9.17 Å². The fourth-order valence-electron chi connectivity index (χ4n) is 2.28. The Morgan fingerprint density at radius 3 is 1.36 bits per heavy atom. The van der Waals surface area contributed by atoms with Gasteiger partial charge in [0.15, 0.2) is 0 Å². The first kappa shape index (κ1) is 16.4. The molecule has 3 nitrogen and oxygen atoms in total. The first-order valence-electron chi connectivity index (χ1n) is 7.34. The quantitative estimate of drug-likeness (QED) is 0.784. The zero-order chi connectivity index (χ0) is 16.4. The topological polar surface area (TPSA) is 35.5 Å². The lowest BCUT2D eigenvalue weighted by Crippen LogP contribution is -2.20. The number of benzene rings is 2. The van der Waals surface area contributed by atoms with E-state index in [1.54, 1.807) is 0 Å². The van der Waals surface area contributed by atoms with Crippen LogP contribution in [0.15, 0.2) is 24.3 Å². The van der Waals surface area contributed by atoms with Crippen molar-refractivity contribution < 1.29 is 13.3 Å². The van der Waals surface area contributed by atoms with Gasteiger partial charge in [-0.05, 0) is 87.1 Å². The molecule has 2 aromatic carbocycles. The number of aryl methyl sites for hydroxylation is 2. The Kier molecular flexibility index (Phi) is 4.81. The van der Waals surface area contributed by atoms with Gasteiger partial charge in [0.1, 0.15) is 11.5 Å². The van der Waals surface area contributed by atoms with Gasteiger partial charge in [0.2, 0.25) is 0 Å². The monoisotopic (exact) mass is 314 g/mol. The first-order chi connectivity index (χ1) is 10.3. The lowest BCUT2D eigenvalue weighted by molar-refractivity contribution is 0.344. The van der Waals surface area contributed by atoms with Crippen molar-refractivity contribution in [2.45, 2.75) is 41.5 Å². The molecule has 0 saturated heterocycles. The highest BCUT2D eigenvalue weighted by Crippen LogP contribution is 2.26. The molecule has 0 atom stereocenters. The van der Waals surface area contributed by atoms with E-state index in [0.29, 0.717) is 11.5 Å². The third-order valence-electron chi connectivity index (χ3n) is 4.40. The fraction of sp³-hybridized carbons (Fsp3) is 0.333.